The van der Waals surface area contributed by atoms with Gasteiger partial charge in [-0.05, 0) is 51.8 Å². The number of alkyl halides is 2. The number of hydrogen-bond donors (Lipinski definition) is 1. The number of aromatic nitrogens is 1. The molecule has 2 aromatic carbocycles. The molecule has 0 saturated carbocycles. The zero-order chi connectivity index (χ0) is 27.6. The Kier molecular flexibility index (Phi) is 7.85. The third-order valence-electron chi connectivity index (χ3n) is 6.40. The number of benzene rings is 2. The molecule has 1 aliphatic heterocycles. The van der Waals surface area contributed by atoms with Gasteiger partial charge in [-0.3, -0.25) is 4.98 Å². The van der Waals surface area contributed by atoms with Crippen LogP contribution in [0.15, 0.2) is 48.7 Å². The van der Waals surface area contributed by atoms with Gasteiger partial charge in [0, 0.05) is 47.6 Å². The number of nitrogens with zero attached hydrogens (tertiary/aromatic N) is 2. The number of fused-ring (bicyclic) bond motifs is 1. The first-order chi connectivity index (χ1) is 18.0. The Morgan fingerprint density at radius 1 is 1.16 bits per heavy atom. The fraction of sp³-hybridized carbons (Fsp3) is 0.379. The van der Waals surface area contributed by atoms with Gasteiger partial charge in [0.05, 0.1) is 24.2 Å². The van der Waals surface area contributed by atoms with Gasteiger partial charge >= 0.3 is 6.09 Å². The smallest absolute Gasteiger partial charge is 0.410 e. The first-order valence-electron chi connectivity index (χ1n) is 12.5. The molecule has 2 heterocycles. The average Bonchev–Trinajstić information content (AvgIpc) is 2.87. The van der Waals surface area contributed by atoms with Gasteiger partial charge < -0.3 is 19.7 Å². The second-order valence-electron chi connectivity index (χ2n) is 10.3. The van der Waals surface area contributed by atoms with E-state index in [4.69, 9.17) is 9.47 Å². The third kappa shape index (κ3) is 5.87. The van der Waals surface area contributed by atoms with Crippen molar-refractivity contribution in [3.63, 3.8) is 0 Å². The van der Waals surface area contributed by atoms with E-state index in [0.29, 0.717) is 36.5 Å². The van der Waals surface area contributed by atoms with Crippen molar-refractivity contribution in [1.29, 1.82) is 0 Å². The van der Waals surface area contributed by atoms with Crippen LogP contribution in [-0.4, -0.2) is 41.8 Å². The summed E-state index contributed by atoms with van der Waals surface area (Å²) < 4.78 is 52.4. The lowest BCUT2D eigenvalue weighted by atomic mass is 9.96. The molecule has 1 atom stereocenters. The lowest BCUT2D eigenvalue weighted by Crippen LogP contribution is -2.39. The average molecular weight is 528 g/mol. The molecule has 0 bridgehead atoms. The number of pyridine rings is 1. The topological polar surface area (TPSA) is 63.7 Å². The first kappa shape index (κ1) is 27.3. The molecule has 4 rings (SSSR count). The Hall–Kier alpha value is -3.75. The summed E-state index contributed by atoms with van der Waals surface area (Å²) in [7, 11) is 1.59. The van der Waals surface area contributed by atoms with Gasteiger partial charge in [-0.25, -0.2) is 18.0 Å². The van der Waals surface area contributed by atoms with Gasteiger partial charge in [-0.15, -0.1) is 0 Å². The van der Waals surface area contributed by atoms with E-state index in [-0.39, 0.29) is 11.7 Å². The molecule has 38 heavy (non-hydrogen) atoms. The van der Waals surface area contributed by atoms with Crippen molar-refractivity contribution in [3.05, 3.63) is 71.2 Å². The fourth-order valence-corrected chi connectivity index (χ4v) is 4.51. The molecule has 3 aromatic rings. The molecule has 0 fully saturated rings. The van der Waals surface area contributed by atoms with Crippen molar-refractivity contribution in [2.24, 2.45) is 0 Å². The van der Waals surface area contributed by atoms with Gasteiger partial charge in [0.1, 0.15) is 17.2 Å². The van der Waals surface area contributed by atoms with E-state index in [2.05, 4.69) is 10.3 Å². The molecular formula is C29H32F3N3O3. The summed E-state index contributed by atoms with van der Waals surface area (Å²) in [5.74, 6) is -0.270. The Balaban J connectivity index is 1.65. The van der Waals surface area contributed by atoms with Crippen LogP contribution in [-0.2, 0) is 4.74 Å². The Morgan fingerprint density at radius 2 is 1.89 bits per heavy atom. The number of rotatable bonds is 6. The van der Waals surface area contributed by atoms with Crippen LogP contribution in [0.1, 0.15) is 63.3 Å². The predicted octanol–water partition coefficient (Wildman–Crippen LogP) is 7.52. The molecule has 0 aliphatic carbocycles. The SMILES string of the molecule is COc1cc2nccc(N[C@H](C)c3cccc(C(F)F)c3F)c2cc1C1=CCN(C(=O)OC(C)(C)C)CC1. The molecule has 1 aliphatic rings. The molecular weight excluding hydrogens is 495 g/mol. The Labute approximate surface area is 220 Å². The molecule has 1 amide bonds. The van der Waals surface area contributed by atoms with Crippen molar-refractivity contribution in [3.8, 4) is 5.75 Å². The van der Waals surface area contributed by atoms with E-state index in [1.54, 1.807) is 31.2 Å². The van der Waals surface area contributed by atoms with Crippen molar-refractivity contribution in [2.75, 3.05) is 25.5 Å². The number of ether oxygens (including phenoxy) is 2. The van der Waals surface area contributed by atoms with E-state index in [1.165, 1.54) is 12.1 Å². The Bertz CT molecular complexity index is 1370. The summed E-state index contributed by atoms with van der Waals surface area (Å²) in [5.41, 5.74) is 2.18. The van der Waals surface area contributed by atoms with E-state index in [1.807, 2.05) is 39.0 Å². The van der Waals surface area contributed by atoms with Gasteiger partial charge in [0.25, 0.3) is 6.43 Å². The van der Waals surface area contributed by atoms with Gasteiger partial charge in [-0.2, -0.15) is 0 Å². The number of nitrogens with one attached hydrogen (secondary N) is 1. The van der Waals surface area contributed by atoms with Gasteiger partial charge in [0.15, 0.2) is 0 Å². The number of anilines is 1. The van der Waals surface area contributed by atoms with Crippen LogP contribution in [0, 0.1) is 5.82 Å². The first-order valence-corrected chi connectivity index (χ1v) is 12.5. The maximum atomic E-state index is 14.8. The lowest BCUT2D eigenvalue weighted by molar-refractivity contribution is 0.0270. The quantitative estimate of drug-likeness (QED) is 0.359. The highest BCUT2D eigenvalue weighted by molar-refractivity contribution is 5.95. The monoisotopic (exact) mass is 527 g/mol. The third-order valence-corrected chi connectivity index (χ3v) is 6.40. The number of amides is 1. The highest BCUT2D eigenvalue weighted by atomic mass is 19.3. The zero-order valence-electron chi connectivity index (χ0n) is 22.1. The molecule has 1 aromatic heterocycles. The number of hydrogen-bond acceptors (Lipinski definition) is 5. The van der Waals surface area contributed by atoms with Crippen molar-refractivity contribution in [2.45, 2.75) is 52.2 Å². The fourth-order valence-electron chi connectivity index (χ4n) is 4.51. The molecule has 0 unspecified atom stereocenters. The molecule has 6 nitrogen and oxygen atoms in total. The second-order valence-corrected chi connectivity index (χ2v) is 10.3. The number of halogens is 3. The standard InChI is InChI=1S/C29H32F3N3O3/c1-17(19-7-6-8-20(26(19)30)27(31)32)34-23-9-12-33-24-16-25(37-5)21(15-22(23)24)18-10-13-35(14-11-18)28(36)38-29(2,3)4/h6-10,12,15-17,27H,11,13-14H2,1-5H3,(H,33,34)/t17-/m1/s1. The number of carbonyl (C=O) groups is 1. The van der Waals surface area contributed by atoms with Crippen LogP contribution in [0.25, 0.3) is 16.5 Å². The van der Waals surface area contributed by atoms with Crippen molar-refractivity contribution in [1.82, 2.24) is 9.88 Å². The molecule has 202 valence electrons. The van der Waals surface area contributed by atoms with Crippen LogP contribution < -0.4 is 10.1 Å². The maximum Gasteiger partial charge on any atom is 0.410 e. The second kappa shape index (κ2) is 10.9. The largest absolute Gasteiger partial charge is 0.496 e. The van der Waals surface area contributed by atoms with E-state index < -0.39 is 29.4 Å². The van der Waals surface area contributed by atoms with Crippen LogP contribution in [0.4, 0.5) is 23.7 Å². The minimum Gasteiger partial charge on any atom is -0.496 e. The lowest BCUT2D eigenvalue weighted by Gasteiger charge is -2.30. The van der Waals surface area contributed by atoms with E-state index in [0.717, 1.165) is 22.6 Å². The minimum absolute atomic E-state index is 0.152. The van der Waals surface area contributed by atoms with Crippen molar-refractivity contribution < 1.29 is 27.4 Å². The normalized spacial score (nSPS) is 14.9. The van der Waals surface area contributed by atoms with Crippen LogP contribution in [0.5, 0.6) is 5.75 Å². The molecule has 0 saturated heterocycles. The summed E-state index contributed by atoms with van der Waals surface area (Å²) in [6.45, 7) is 8.12. The van der Waals surface area contributed by atoms with Gasteiger partial charge in [0.2, 0.25) is 0 Å². The highest BCUT2D eigenvalue weighted by Crippen LogP contribution is 2.37. The molecule has 9 heteroatoms. The zero-order valence-corrected chi connectivity index (χ0v) is 22.1. The summed E-state index contributed by atoms with van der Waals surface area (Å²) in [5, 5.41) is 4.04. The summed E-state index contributed by atoms with van der Waals surface area (Å²) in [6.07, 6.45) is 0.960. The summed E-state index contributed by atoms with van der Waals surface area (Å²) in [6, 6.07) is 9.00. The minimum atomic E-state index is -2.89. The van der Waals surface area contributed by atoms with Crippen LogP contribution in [0.3, 0.4) is 0 Å². The molecule has 0 spiro atoms. The van der Waals surface area contributed by atoms with Crippen LogP contribution >= 0.6 is 0 Å². The number of methoxy groups -OCH3 is 1. The predicted molar refractivity (Wildman–Crippen MR) is 142 cm³/mol. The maximum absolute atomic E-state index is 14.8. The van der Waals surface area contributed by atoms with Gasteiger partial charge in [-0.1, -0.05) is 24.3 Å². The summed E-state index contributed by atoms with van der Waals surface area (Å²) in [4.78, 5) is 18.6. The molecule has 0 radical (unpaired) electrons. The highest BCUT2D eigenvalue weighted by Gasteiger charge is 2.25. The Morgan fingerprint density at radius 3 is 2.53 bits per heavy atom. The van der Waals surface area contributed by atoms with Crippen LogP contribution in [0.2, 0.25) is 0 Å². The van der Waals surface area contributed by atoms with E-state index >= 15 is 0 Å². The summed E-state index contributed by atoms with van der Waals surface area (Å²) >= 11 is 0. The van der Waals surface area contributed by atoms with E-state index in [9.17, 15) is 18.0 Å². The number of carbonyl (C=O) groups excluding carboxylic acids is 1. The van der Waals surface area contributed by atoms with Crippen molar-refractivity contribution >= 4 is 28.3 Å². The molecule has 1 N–H and O–H groups in total.